The fraction of sp³-hybridized carbons (Fsp3) is 0.696. The van der Waals surface area contributed by atoms with Crippen molar-refractivity contribution in [2.45, 2.75) is 37.0 Å². The summed E-state index contributed by atoms with van der Waals surface area (Å²) in [5.41, 5.74) is 0. The highest BCUT2D eigenvalue weighted by molar-refractivity contribution is 7.89. The summed E-state index contributed by atoms with van der Waals surface area (Å²) in [4.78, 5) is 19.0. The molecule has 7 nitrogen and oxygen atoms in total. The van der Waals surface area contributed by atoms with Crippen molar-refractivity contribution in [3.63, 3.8) is 0 Å². The Morgan fingerprint density at radius 2 is 1.50 bits per heavy atom. The molecule has 2 heterocycles. The van der Waals surface area contributed by atoms with Crippen molar-refractivity contribution in [3.05, 3.63) is 30.1 Å². The minimum Gasteiger partial charge on any atom is -0.339 e. The van der Waals surface area contributed by atoms with Gasteiger partial charge in [0.05, 0.1) is 6.54 Å². The van der Waals surface area contributed by atoms with Crippen LogP contribution in [0.1, 0.15) is 32.1 Å². The van der Waals surface area contributed by atoms with Crippen LogP contribution in [0.25, 0.3) is 0 Å². The predicted molar refractivity (Wildman–Crippen MR) is 121 cm³/mol. The fourth-order valence-corrected chi connectivity index (χ4v) is 6.61. The van der Waals surface area contributed by atoms with Crippen molar-refractivity contribution in [2.24, 2.45) is 5.92 Å². The van der Waals surface area contributed by atoms with Crippen molar-refractivity contribution in [1.82, 2.24) is 19.0 Å². The van der Waals surface area contributed by atoms with E-state index in [0.29, 0.717) is 19.6 Å². The topological polar surface area (TPSA) is 64.2 Å². The molecule has 3 fully saturated rings. The average molecular weight is 467 g/mol. The standard InChI is InChI=1S/C23H35FN4O3S/c24-21-8-4-5-9-22(21)32(30,31)28-16-14-27(15-17-28)23(29)19-26-12-10-25(11-13-26)18-20-6-2-1-3-7-20/h4-5,8-9,20H,1-3,6-7,10-19H2. The first kappa shape index (κ1) is 23.6. The first-order valence-corrected chi connectivity index (χ1v) is 13.3. The van der Waals surface area contributed by atoms with Crippen LogP contribution in [-0.4, -0.2) is 98.8 Å². The van der Waals surface area contributed by atoms with Crippen molar-refractivity contribution in [3.8, 4) is 0 Å². The lowest BCUT2D eigenvalue weighted by atomic mass is 9.89. The third kappa shape index (κ3) is 5.68. The van der Waals surface area contributed by atoms with Gasteiger partial charge in [-0.05, 0) is 30.9 Å². The van der Waals surface area contributed by atoms with E-state index in [0.717, 1.165) is 38.2 Å². The first-order valence-electron chi connectivity index (χ1n) is 11.9. The molecule has 178 valence electrons. The van der Waals surface area contributed by atoms with Gasteiger partial charge in [0.15, 0.2) is 0 Å². The van der Waals surface area contributed by atoms with E-state index in [-0.39, 0.29) is 23.9 Å². The molecular weight excluding hydrogens is 431 g/mol. The highest BCUT2D eigenvalue weighted by Gasteiger charge is 2.32. The lowest BCUT2D eigenvalue weighted by Crippen LogP contribution is -2.54. The summed E-state index contributed by atoms with van der Waals surface area (Å²) >= 11 is 0. The van der Waals surface area contributed by atoms with Crippen LogP contribution in [0, 0.1) is 11.7 Å². The summed E-state index contributed by atoms with van der Waals surface area (Å²) in [6.07, 6.45) is 6.84. The van der Waals surface area contributed by atoms with Gasteiger partial charge in [0.1, 0.15) is 10.7 Å². The normalized spacial score (nSPS) is 22.8. The molecular formula is C23H35FN4O3S. The molecule has 1 aromatic carbocycles. The number of carbonyl (C=O) groups excluding carboxylic acids is 1. The molecule has 0 atom stereocenters. The molecule has 9 heteroatoms. The maximum atomic E-state index is 14.0. The second kappa shape index (κ2) is 10.6. The lowest BCUT2D eigenvalue weighted by Gasteiger charge is -2.38. The summed E-state index contributed by atoms with van der Waals surface area (Å²) < 4.78 is 40.8. The fourth-order valence-electron chi connectivity index (χ4n) is 5.13. The van der Waals surface area contributed by atoms with Crippen LogP contribution < -0.4 is 0 Å². The Morgan fingerprint density at radius 3 is 2.16 bits per heavy atom. The lowest BCUT2D eigenvalue weighted by molar-refractivity contribution is -0.134. The maximum Gasteiger partial charge on any atom is 0.246 e. The van der Waals surface area contributed by atoms with E-state index in [1.165, 1.54) is 61.2 Å². The Balaban J connectivity index is 1.21. The van der Waals surface area contributed by atoms with E-state index < -0.39 is 15.8 Å². The first-order chi connectivity index (χ1) is 15.4. The third-order valence-electron chi connectivity index (χ3n) is 7.11. The quantitative estimate of drug-likeness (QED) is 0.640. The Bertz CT molecular complexity index is 875. The molecule has 2 aliphatic heterocycles. The van der Waals surface area contributed by atoms with Gasteiger partial charge < -0.3 is 9.80 Å². The largest absolute Gasteiger partial charge is 0.339 e. The zero-order chi connectivity index (χ0) is 22.6. The van der Waals surface area contributed by atoms with Crippen molar-refractivity contribution in [1.29, 1.82) is 0 Å². The number of sulfonamides is 1. The monoisotopic (exact) mass is 466 g/mol. The minimum atomic E-state index is -3.88. The van der Waals surface area contributed by atoms with E-state index >= 15 is 0 Å². The molecule has 1 amide bonds. The molecule has 3 aliphatic rings. The zero-order valence-electron chi connectivity index (χ0n) is 18.8. The highest BCUT2D eigenvalue weighted by Crippen LogP contribution is 2.25. The molecule has 0 aromatic heterocycles. The average Bonchev–Trinajstić information content (AvgIpc) is 2.81. The Hall–Kier alpha value is -1.55. The summed E-state index contributed by atoms with van der Waals surface area (Å²) in [5.74, 6) is 0.149. The van der Waals surface area contributed by atoms with Crippen LogP contribution in [-0.2, 0) is 14.8 Å². The van der Waals surface area contributed by atoms with Gasteiger partial charge in [-0.15, -0.1) is 0 Å². The van der Waals surface area contributed by atoms with Gasteiger partial charge in [0.2, 0.25) is 15.9 Å². The summed E-state index contributed by atoms with van der Waals surface area (Å²) in [6, 6.07) is 5.43. The number of amides is 1. The Kier molecular flexibility index (Phi) is 7.81. The number of nitrogens with zero attached hydrogens (tertiary/aromatic N) is 4. The molecule has 1 aromatic rings. The number of hydrogen-bond donors (Lipinski definition) is 0. The van der Waals surface area contributed by atoms with E-state index in [4.69, 9.17) is 0 Å². The van der Waals surface area contributed by atoms with Gasteiger partial charge in [0.25, 0.3) is 0 Å². The molecule has 0 bridgehead atoms. The molecule has 1 aliphatic carbocycles. The van der Waals surface area contributed by atoms with Gasteiger partial charge in [-0.1, -0.05) is 31.4 Å². The van der Waals surface area contributed by atoms with E-state index in [1.54, 1.807) is 4.90 Å². The second-order valence-corrected chi connectivity index (χ2v) is 11.2. The van der Waals surface area contributed by atoms with Gasteiger partial charge in [-0.3, -0.25) is 9.69 Å². The summed E-state index contributed by atoms with van der Waals surface area (Å²) in [6.45, 7) is 6.48. The van der Waals surface area contributed by atoms with Gasteiger partial charge in [0, 0.05) is 58.9 Å². The van der Waals surface area contributed by atoms with Crippen LogP contribution in [0.2, 0.25) is 0 Å². The molecule has 0 unspecified atom stereocenters. The van der Waals surface area contributed by atoms with Crippen LogP contribution in [0.15, 0.2) is 29.2 Å². The molecule has 2 saturated heterocycles. The maximum absolute atomic E-state index is 14.0. The Morgan fingerprint density at radius 1 is 0.875 bits per heavy atom. The molecule has 0 spiro atoms. The number of piperazine rings is 2. The van der Waals surface area contributed by atoms with Crippen LogP contribution in [0.3, 0.4) is 0 Å². The molecule has 0 N–H and O–H groups in total. The van der Waals surface area contributed by atoms with E-state index in [1.807, 2.05) is 0 Å². The number of hydrogen-bond acceptors (Lipinski definition) is 5. The van der Waals surface area contributed by atoms with Gasteiger partial charge in [-0.2, -0.15) is 4.31 Å². The van der Waals surface area contributed by atoms with Crippen molar-refractivity contribution < 1.29 is 17.6 Å². The minimum absolute atomic E-state index is 0.0497. The van der Waals surface area contributed by atoms with Gasteiger partial charge in [-0.25, -0.2) is 12.8 Å². The second-order valence-electron chi connectivity index (χ2n) is 9.30. The summed E-state index contributed by atoms with van der Waals surface area (Å²) in [5, 5.41) is 0. The third-order valence-corrected chi connectivity index (χ3v) is 9.04. The summed E-state index contributed by atoms with van der Waals surface area (Å²) in [7, 11) is -3.88. The molecule has 0 radical (unpaired) electrons. The van der Waals surface area contributed by atoms with Crippen molar-refractivity contribution in [2.75, 3.05) is 65.4 Å². The van der Waals surface area contributed by atoms with Crippen LogP contribution in [0.5, 0.6) is 0 Å². The predicted octanol–water partition coefficient (Wildman–Crippen LogP) is 1.86. The molecule has 1 saturated carbocycles. The molecule has 32 heavy (non-hydrogen) atoms. The number of halogens is 1. The SMILES string of the molecule is O=C(CN1CCN(CC2CCCCC2)CC1)N1CCN(S(=O)(=O)c2ccccc2F)CC1. The zero-order valence-corrected chi connectivity index (χ0v) is 19.6. The molecule has 4 rings (SSSR count). The van der Waals surface area contributed by atoms with Gasteiger partial charge >= 0.3 is 0 Å². The number of benzene rings is 1. The highest BCUT2D eigenvalue weighted by atomic mass is 32.2. The Labute approximate surface area is 191 Å². The van der Waals surface area contributed by atoms with Crippen LogP contribution in [0.4, 0.5) is 4.39 Å². The van der Waals surface area contributed by atoms with Crippen molar-refractivity contribution >= 4 is 15.9 Å². The van der Waals surface area contributed by atoms with Crippen LogP contribution >= 0.6 is 0 Å². The van der Waals surface area contributed by atoms with E-state index in [2.05, 4.69) is 9.80 Å². The number of rotatable bonds is 6. The smallest absolute Gasteiger partial charge is 0.246 e. The number of carbonyl (C=O) groups is 1. The van der Waals surface area contributed by atoms with E-state index in [9.17, 15) is 17.6 Å².